The van der Waals surface area contributed by atoms with E-state index >= 15 is 0 Å². The largest absolute Gasteiger partial charge is 0.468 e. The van der Waals surface area contributed by atoms with Crippen LogP contribution in [0.15, 0.2) is 35.1 Å². The van der Waals surface area contributed by atoms with Crippen LogP contribution in [0.1, 0.15) is 30.0 Å². The third-order valence-corrected chi connectivity index (χ3v) is 3.50. The number of hydrogen-bond acceptors (Lipinski definition) is 4. The van der Waals surface area contributed by atoms with Crippen molar-refractivity contribution in [3.8, 4) is 0 Å². The van der Waals surface area contributed by atoms with Gasteiger partial charge in [0.15, 0.2) is 5.65 Å². The van der Waals surface area contributed by atoms with Crippen LogP contribution in [0.2, 0.25) is 0 Å². The number of pyridine rings is 1. The van der Waals surface area contributed by atoms with Crippen LogP contribution < -0.4 is 5.32 Å². The van der Waals surface area contributed by atoms with Gasteiger partial charge in [0.2, 0.25) is 0 Å². The molecule has 5 nitrogen and oxygen atoms in total. The van der Waals surface area contributed by atoms with Gasteiger partial charge in [0.1, 0.15) is 5.76 Å². The van der Waals surface area contributed by atoms with Crippen LogP contribution in [0, 0.1) is 6.92 Å². The summed E-state index contributed by atoms with van der Waals surface area (Å²) in [6.07, 6.45) is 3.59. The highest BCUT2D eigenvalue weighted by Gasteiger charge is 2.10. The molecule has 0 spiro atoms. The molecule has 3 aromatic rings. The maximum atomic E-state index is 5.38. The first-order chi connectivity index (χ1) is 9.65. The summed E-state index contributed by atoms with van der Waals surface area (Å²) in [6, 6.07) is 6.20. The molecule has 104 valence electrons. The number of aromatic nitrogens is 3. The Morgan fingerprint density at radius 1 is 1.45 bits per heavy atom. The van der Waals surface area contributed by atoms with Crippen molar-refractivity contribution in [1.82, 2.24) is 20.1 Å². The zero-order chi connectivity index (χ0) is 14.1. The van der Waals surface area contributed by atoms with Crippen LogP contribution in [0.5, 0.6) is 0 Å². The van der Waals surface area contributed by atoms with Crippen molar-refractivity contribution in [2.75, 3.05) is 0 Å². The van der Waals surface area contributed by atoms with Gasteiger partial charge >= 0.3 is 0 Å². The zero-order valence-electron chi connectivity index (χ0n) is 11.9. The number of rotatable bonds is 4. The lowest BCUT2D eigenvalue weighted by molar-refractivity contribution is 0.430. The first-order valence-electron chi connectivity index (χ1n) is 6.70. The van der Waals surface area contributed by atoms with Crippen LogP contribution in [0.3, 0.4) is 0 Å². The van der Waals surface area contributed by atoms with Gasteiger partial charge in [-0.1, -0.05) is 0 Å². The molecule has 1 N–H and O–H groups in total. The Morgan fingerprint density at radius 2 is 2.30 bits per heavy atom. The van der Waals surface area contributed by atoms with Crippen LogP contribution in [-0.4, -0.2) is 14.8 Å². The minimum Gasteiger partial charge on any atom is -0.468 e. The fourth-order valence-corrected chi connectivity index (χ4v) is 2.36. The quantitative estimate of drug-likeness (QED) is 0.792. The lowest BCUT2D eigenvalue weighted by atomic mass is 10.2. The van der Waals surface area contributed by atoms with E-state index in [1.54, 1.807) is 6.26 Å². The number of hydrogen-bond donors (Lipinski definition) is 1. The van der Waals surface area contributed by atoms with Crippen LogP contribution >= 0.6 is 0 Å². The molecule has 3 aromatic heterocycles. The van der Waals surface area contributed by atoms with E-state index in [1.165, 1.54) is 0 Å². The summed E-state index contributed by atoms with van der Waals surface area (Å²) < 4.78 is 7.20. The molecule has 0 saturated heterocycles. The first kappa shape index (κ1) is 12.9. The molecule has 20 heavy (non-hydrogen) atoms. The highest BCUT2D eigenvalue weighted by molar-refractivity contribution is 5.78. The molecule has 0 fully saturated rings. The smallest absolute Gasteiger partial charge is 0.157 e. The summed E-state index contributed by atoms with van der Waals surface area (Å²) in [4.78, 5) is 4.48. The molecule has 5 heteroatoms. The average molecular weight is 270 g/mol. The second-order valence-electron chi connectivity index (χ2n) is 5.04. The lowest BCUT2D eigenvalue weighted by Crippen LogP contribution is -2.17. The zero-order valence-corrected chi connectivity index (χ0v) is 11.9. The number of nitrogens with zero attached hydrogens (tertiary/aromatic N) is 3. The highest BCUT2D eigenvalue weighted by Crippen LogP contribution is 2.18. The maximum Gasteiger partial charge on any atom is 0.157 e. The van der Waals surface area contributed by atoms with Gasteiger partial charge < -0.3 is 9.73 Å². The van der Waals surface area contributed by atoms with Crippen molar-refractivity contribution < 1.29 is 4.42 Å². The van der Waals surface area contributed by atoms with E-state index in [0.717, 1.165) is 34.6 Å². The third-order valence-electron chi connectivity index (χ3n) is 3.50. The molecule has 1 atom stereocenters. The summed E-state index contributed by atoms with van der Waals surface area (Å²) in [6.45, 7) is 4.84. The molecule has 0 bridgehead atoms. The second-order valence-corrected chi connectivity index (χ2v) is 5.04. The standard InChI is InChI=1S/C15H18N4O/c1-10-13-7-12(9-17-15(13)19(3)18-10)8-16-11(2)14-5-4-6-20-14/h4-7,9,11,16H,8H2,1-3H3/t11-/m0/s1. The van der Waals surface area contributed by atoms with Gasteiger partial charge in [0.25, 0.3) is 0 Å². The van der Waals surface area contributed by atoms with E-state index in [-0.39, 0.29) is 6.04 Å². The van der Waals surface area contributed by atoms with Crippen LogP contribution in [0.4, 0.5) is 0 Å². The Kier molecular flexibility index (Phi) is 3.28. The molecule has 0 saturated carbocycles. The molecule has 0 aromatic carbocycles. The Labute approximate surface area is 117 Å². The van der Waals surface area contributed by atoms with Crippen molar-refractivity contribution >= 4 is 11.0 Å². The Morgan fingerprint density at radius 3 is 3.05 bits per heavy atom. The summed E-state index contributed by atoms with van der Waals surface area (Å²) in [5.41, 5.74) is 3.08. The van der Waals surface area contributed by atoms with E-state index in [2.05, 4.69) is 28.4 Å². The summed E-state index contributed by atoms with van der Waals surface area (Å²) in [5, 5.41) is 8.93. The summed E-state index contributed by atoms with van der Waals surface area (Å²) in [7, 11) is 1.92. The van der Waals surface area contributed by atoms with Crippen molar-refractivity contribution in [1.29, 1.82) is 0 Å². The van der Waals surface area contributed by atoms with E-state index in [1.807, 2.05) is 37.0 Å². The van der Waals surface area contributed by atoms with E-state index in [9.17, 15) is 0 Å². The van der Waals surface area contributed by atoms with E-state index < -0.39 is 0 Å². The lowest BCUT2D eigenvalue weighted by Gasteiger charge is -2.11. The number of aryl methyl sites for hydroxylation is 2. The number of fused-ring (bicyclic) bond motifs is 1. The highest BCUT2D eigenvalue weighted by atomic mass is 16.3. The van der Waals surface area contributed by atoms with Crippen molar-refractivity contribution in [2.45, 2.75) is 26.4 Å². The number of nitrogens with one attached hydrogen (secondary N) is 1. The van der Waals surface area contributed by atoms with Crippen molar-refractivity contribution in [3.63, 3.8) is 0 Å². The van der Waals surface area contributed by atoms with E-state index in [4.69, 9.17) is 4.42 Å². The Balaban J connectivity index is 1.76. The van der Waals surface area contributed by atoms with Gasteiger partial charge in [0, 0.05) is 25.2 Å². The maximum absolute atomic E-state index is 5.38. The molecular formula is C15H18N4O. The number of furan rings is 1. The molecule has 3 rings (SSSR count). The SMILES string of the molecule is Cc1nn(C)c2ncc(CN[C@@H](C)c3ccco3)cc12. The first-order valence-corrected chi connectivity index (χ1v) is 6.70. The fraction of sp³-hybridized carbons (Fsp3) is 0.333. The fourth-order valence-electron chi connectivity index (χ4n) is 2.36. The Hall–Kier alpha value is -2.14. The van der Waals surface area contributed by atoms with Crippen LogP contribution in [-0.2, 0) is 13.6 Å². The summed E-state index contributed by atoms with van der Waals surface area (Å²) in [5.74, 6) is 0.941. The molecule has 0 amide bonds. The summed E-state index contributed by atoms with van der Waals surface area (Å²) >= 11 is 0. The molecular weight excluding hydrogens is 252 g/mol. The van der Waals surface area contributed by atoms with Gasteiger partial charge in [0.05, 0.1) is 18.0 Å². The van der Waals surface area contributed by atoms with E-state index in [0.29, 0.717) is 0 Å². The van der Waals surface area contributed by atoms with Gasteiger partial charge in [-0.3, -0.25) is 4.68 Å². The Bertz CT molecular complexity index is 715. The van der Waals surface area contributed by atoms with Gasteiger partial charge in [-0.2, -0.15) is 5.10 Å². The van der Waals surface area contributed by atoms with Crippen molar-refractivity contribution in [3.05, 3.63) is 47.7 Å². The predicted octanol–water partition coefficient (Wildman–Crippen LogP) is 2.72. The molecule has 0 radical (unpaired) electrons. The molecule has 3 heterocycles. The normalized spacial score (nSPS) is 12.9. The second kappa shape index (κ2) is 5.09. The molecule has 0 unspecified atom stereocenters. The van der Waals surface area contributed by atoms with Gasteiger partial charge in [-0.25, -0.2) is 4.98 Å². The predicted molar refractivity (Wildman–Crippen MR) is 77.2 cm³/mol. The van der Waals surface area contributed by atoms with Gasteiger partial charge in [-0.05, 0) is 37.6 Å². The van der Waals surface area contributed by atoms with Crippen LogP contribution in [0.25, 0.3) is 11.0 Å². The molecule has 0 aliphatic heterocycles. The molecule has 0 aliphatic carbocycles. The minimum atomic E-state index is 0.177. The average Bonchev–Trinajstić information content (AvgIpc) is 3.06. The third kappa shape index (κ3) is 2.32. The minimum absolute atomic E-state index is 0.177. The monoisotopic (exact) mass is 270 g/mol. The van der Waals surface area contributed by atoms with Crippen molar-refractivity contribution in [2.24, 2.45) is 7.05 Å². The molecule has 0 aliphatic rings. The topological polar surface area (TPSA) is 55.9 Å². The van der Waals surface area contributed by atoms with Gasteiger partial charge in [-0.15, -0.1) is 0 Å².